The molecule has 0 aliphatic rings. The van der Waals surface area contributed by atoms with Crippen LogP contribution in [-0.4, -0.2) is 5.11 Å². The summed E-state index contributed by atoms with van der Waals surface area (Å²) < 4.78 is 5.97. The molecule has 0 radical (unpaired) electrons. The lowest BCUT2D eigenvalue weighted by molar-refractivity contribution is 0.205. The van der Waals surface area contributed by atoms with Gasteiger partial charge in [0, 0.05) is 5.41 Å². The SMILES string of the molecule is CC(C)(C)/C(Oc1ccccc1)=C(\Cl)[C@@H](O)c1ccccc1. The lowest BCUT2D eigenvalue weighted by atomic mass is 9.91. The summed E-state index contributed by atoms with van der Waals surface area (Å²) in [6.07, 6.45) is -0.902. The highest BCUT2D eigenvalue weighted by Gasteiger charge is 2.27. The molecule has 0 aliphatic heterocycles. The molecule has 0 heterocycles. The molecule has 2 rings (SSSR count). The Balaban J connectivity index is 2.39. The summed E-state index contributed by atoms with van der Waals surface area (Å²) in [5.74, 6) is 1.27. The van der Waals surface area contributed by atoms with Gasteiger partial charge in [0.15, 0.2) is 0 Å². The molecular formula is C19H21ClO2. The van der Waals surface area contributed by atoms with Crippen molar-refractivity contribution in [1.29, 1.82) is 0 Å². The number of aliphatic hydroxyl groups excluding tert-OH is 1. The Bertz CT molecular complexity index is 627. The van der Waals surface area contributed by atoms with Crippen molar-refractivity contribution in [3.8, 4) is 5.75 Å². The molecule has 0 aliphatic carbocycles. The van der Waals surface area contributed by atoms with E-state index < -0.39 is 6.10 Å². The van der Waals surface area contributed by atoms with Crippen LogP contribution in [0.4, 0.5) is 0 Å². The topological polar surface area (TPSA) is 29.5 Å². The van der Waals surface area contributed by atoms with Gasteiger partial charge in [-0.1, -0.05) is 80.9 Å². The van der Waals surface area contributed by atoms with Gasteiger partial charge in [0.1, 0.15) is 17.6 Å². The van der Waals surface area contributed by atoms with Crippen molar-refractivity contribution < 1.29 is 9.84 Å². The number of rotatable bonds is 4. The molecule has 0 bridgehead atoms. The monoisotopic (exact) mass is 316 g/mol. The fourth-order valence-electron chi connectivity index (χ4n) is 2.07. The average molecular weight is 317 g/mol. The summed E-state index contributed by atoms with van der Waals surface area (Å²) in [6.45, 7) is 6.02. The van der Waals surface area contributed by atoms with Gasteiger partial charge in [-0.05, 0) is 17.7 Å². The molecule has 1 atom stereocenters. The Morgan fingerprint density at radius 3 is 1.95 bits per heavy atom. The minimum Gasteiger partial charge on any atom is -0.460 e. The Hall–Kier alpha value is -1.77. The van der Waals surface area contributed by atoms with E-state index in [1.54, 1.807) is 0 Å². The number of aliphatic hydroxyl groups is 1. The summed E-state index contributed by atoms with van der Waals surface area (Å²) in [4.78, 5) is 0. The van der Waals surface area contributed by atoms with Gasteiger partial charge in [-0.15, -0.1) is 0 Å². The Kier molecular flexibility index (Phi) is 5.28. The Labute approximate surface area is 137 Å². The average Bonchev–Trinajstić information content (AvgIpc) is 2.52. The molecule has 116 valence electrons. The first-order valence-electron chi connectivity index (χ1n) is 7.25. The minimum absolute atomic E-state index is 0.308. The highest BCUT2D eigenvalue weighted by Crippen LogP contribution is 2.37. The van der Waals surface area contributed by atoms with Crippen LogP contribution in [0.3, 0.4) is 0 Å². The molecule has 0 amide bonds. The van der Waals surface area contributed by atoms with Crippen LogP contribution in [0, 0.1) is 5.41 Å². The summed E-state index contributed by atoms with van der Waals surface area (Å²) >= 11 is 6.47. The molecule has 0 fully saturated rings. The summed E-state index contributed by atoms with van der Waals surface area (Å²) in [5.41, 5.74) is 0.411. The zero-order valence-electron chi connectivity index (χ0n) is 13.1. The second-order valence-corrected chi connectivity index (χ2v) is 6.56. The molecule has 1 N–H and O–H groups in total. The first-order valence-corrected chi connectivity index (χ1v) is 7.63. The van der Waals surface area contributed by atoms with Gasteiger partial charge in [-0.25, -0.2) is 0 Å². The van der Waals surface area contributed by atoms with Crippen LogP contribution >= 0.6 is 11.6 Å². The number of benzene rings is 2. The zero-order chi connectivity index (χ0) is 16.2. The lowest BCUT2D eigenvalue weighted by Crippen LogP contribution is -2.18. The number of ether oxygens (including phenoxy) is 1. The van der Waals surface area contributed by atoms with Crippen LogP contribution < -0.4 is 4.74 Å². The quantitative estimate of drug-likeness (QED) is 0.776. The van der Waals surface area contributed by atoms with Crippen LogP contribution in [0.5, 0.6) is 5.75 Å². The summed E-state index contributed by atoms with van der Waals surface area (Å²) in [5, 5.41) is 10.8. The van der Waals surface area contributed by atoms with E-state index in [0.717, 1.165) is 5.56 Å². The Morgan fingerprint density at radius 2 is 1.45 bits per heavy atom. The van der Waals surface area contributed by atoms with Gasteiger partial charge in [-0.2, -0.15) is 0 Å². The fraction of sp³-hybridized carbons (Fsp3) is 0.263. The van der Waals surface area contributed by atoms with E-state index in [1.165, 1.54) is 0 Å². The smallest absolute Gasteiger partial charge is 0.127 e. The molecule has 0 aromatic heterocycles. The standard InChI is InChI=1S/C19H21ClO2/c1-19(2,3)18(22-15-12-8-5-9-13-15)16(20)17(21)14-10-6-4-7-11-14/h4-13,17,21H,1-3H3/b18-16+/t17-/m0/s1. The highest BCUT2D eigenvalue weighted by atomic mass is 35.5. The molecule has 0 spiro atoms. The van der Waals surface area contributed by atoms with Crippen LogP contribution in [0.25, 0.3) is 0 Å². The second kappa shape index (κ2) is 6.99. The molecule has 3 heteroatoms. The maximum Gasteiger partial charge on any atom is 0.127 e. The molecule has 0 unspecified atom stereocenters. The van der Waals surface area contributed by atoms with Crippen molar-refractivity contribution in [2.75, 3.05) is 0 Å². The number of hydrogen-bond acceptors (Lipinski definition) is 2. The van der Waals surface area contributed by atoms with E-state index in [2.05, 4.69) is 0 Å². The molecular weight excluding hydrogens is 296 g/mol. The van der Waals surface area contributed by atoms with Crippen molar-refractivity contribution in [2.45, 2.75) is 26.9 Å². The second-order valence-electron chi connectivity index (χ2n) is 6.16. The lowest BCUT2D eigenvalue weighted by Gasteiger charge is -2.26. The van der Waals surface area contributed by atoms with Crippen molar-refractivity contribution in [1.82, 2.24) is 0 Å². The Morgan fingerprint density at radius 1 is 0.955 bits per heavy atom. The van der Waals surface area contributed by atoms with Gasteiger partial charge >= 0.3 is 0 Å². The third-order valence-electron chi connectivity index (χ3n) is 3.22. The van der Waals surface area contributed by atoms with Crippen LogP contribution in [-0.2, 0) is 0 Å². The number of hydrogen-bond donors (Lipinski definition) is 1. The van der Waals surface area contributed by atoms with E-state index in [9.17, 15) is 5.11 Å². The van der Waals surface area contributed by atoms with E-state index in [0.29, 0.717) is 16.5 Å². The third-order valence-corrected chi connectivity index (χ3v) is 3.59. The number of allylic oxidation sites excluding steroid dienone is 1. The molecule has 2 aromatic carbocycles. The number of halogens is 1. The molecule has 22 heavy (non-hydrogen) atoms. The summed E-state index contributed by atoms with van der Waals surface area (Å²) in [6, 6.07) is 18.8. The zero-order valence-corrected chi connectivity index (χ0v) is 13.8. The predicted molar refractivity (Wildman–Crippen MR) is 90.8 cm³/mol. The predicted octanol–water partition coefficient (Wildman–Crippen LogP) is 5.30. The van der Waals surface area contributed by atoms with Crippen LogP contribution in [0.15, 0.2) is 71.5 Å². The summed E-state index contributed by atoms with van der Waals surface area (Å²) in [7, 11) is 0. The number of para-hydroxylation sites is 1. The van der Waals surface area contributed by atoms with E-state index in [4.69, 9.17) is 16.3 Å². The molecule has 2 nitrogen and oxygen atoms in total. The first-order chi connectivity index (χ1) is 10.4. The van der Waals surface area contributed by atoms with Crippen molar-refractivity contribution in [3.05, 3.63) is 77.0 Å². The maximum absolute atomic E-state index is 10.5. The first kappa shape index (κ1) is 16.6. The highest BCUT2D eigenvalue weighted by molar-refractivity contribution is 6.30. The van der Waals surface area contributed by atoms with Gasteiger partial charge in [0.25, 0.3) is 0 Å². The van der Waals surface area contributed by atoms with Crippen molar-refractivity contribution in [2.24, 2.45) is 5.41 Å². The molecule has 0 saturated carbocycles. The maximum atomic E-state index is 10.5. The molecule has 2 aromatic rings. The minimum atomic E-state index is -0.902. The van der Waals surface area contributed by atoms with E-state index >= 15 is 0 Å². The van der Waals surface area contributed by atoms with Crippen LogP contribution in [0.2, 0.25) is 0 Å². The largest absolute Gasteiger partial charge is 0.460 e. The van der Waals surface area contributed by atoms with Gasteiger partial charge < -0.3 is 9.84 Å². The normalized spacial score (nSPS) is 14.2. The van der Waals surface area contributed by atoms with Gasteiger partial charge in [0.05, 0.1) is 5.03 Å². The van der Waals surface area contributed by atoms with Gasteiger partial charge in [-0.3, -0.25) is 0 Å². The van der Waals surface area contributed by atoms with E-state index in [-0.39, 0.29) is 5.41 Å². The van der Waals surface area contributed by atoms with E-state index in [1.807, 2.05) is 81.4 Å². The van der Waals surface area contributed by atoms with Crippen molar-refractivity contribution in [3.63, 3.8) is 0 Å². The van der Waals surface area contributed by atoms with Crippen LogP contribution in [0.1, 0.15) is 32.4 Å². The van der Waals surface area contributed by atoms with Gasteiger partial charge in [0.2, 0.25) is 0 Å². The fourth-order valence-corrected chi connectivity index (χ4v) is 2.52. The third kappa shape index (κ3) is 4.12. The van der Waals surface area contributed by atoms with Crippen molar-refractivity contribution >= 4 is 11.6 Å². The molecule has 0 saturated heterocycles.